The zero-order valence-corrected chi connectivity index (χ0v) is 6.64. The predicted octanol–water partition coefficient (Wildman–Crippen LogP) is 1.19. The van der Waals surface area contributed by atoms with Gasteiger partial charge in [-0.05, 0) is 6.26 Å². The first-order valence-corrected chi connectivity index (χ1v) is 4.14. The van der Waals surface area contributed by atoms with Crippen molar-refractivity contribution in [2.24, 2.45) is 0 Å². The molecule has 1 aromatic rings. The molecule has 0 atom stereocenters. The lowest BCUT2D eigenvalue weighted by molar-refractivity contribution is 0.616. The second kappa shape index (κ2) is 3.41. The summed E-state index contributed by atoms with van der Waals surface area (Å²) in [5.74, 6) is 0. The summed E-state index contributed by atoms with van der Waals surface area (Å²) in [5.41, 5.74) is 0. The van der Waals surface area contributed by atoms with Crippen LogP contribution in [0.5, 0.6) is 0 Å². The lowest BCUT2D eigenvalue weighted by atomic mass is 10.6. The molecule has 0 saturated heterocycles. The van der Waals surface area contributed by atoms with Crippen LogP contribution in [-0.4, -0.2) is 21.2 Å². The minimum absolute atomic E-state index is 0.732. The number of aromatic nitrogens is 3. The molecule has 1 aromatic heterocycles. The highest BCUT2D eigenvalue weighted by molar-refractivity contribution is 7.98. The molecule has 4 heteroatoms. The van der Waals surface area contributed by atoms with Crippen LogP contribution in [0.3, 0.4) is 0 Å². The number of hydrogen-bond donors (Lipinski definition) is 0. The summed E-state index contributed by atoms with van der Waals surface area (Å²) in [6, 6.07) is 0. The molecule has 0 N–H and O–H groups in total. The molecule has 0 spiro atoms. The highest BCUT2D eigenvalue weighted by atomic mass is 32.2. The van der Waals surface area contributed by atoms with Gasteiger partial charge in [-0.2, -0.15) is 0 Å². The third-order valence-electron chi connectivity index (χ3n) is 1.09. The van der Waals surface area contributed by atoms with Crippen molar-refractivity contribution >= 4 is 11.8 Å². The van der Waals surface area contributed by atoms with Gasteiger partial charge in [0.25, 0.3) is 0 Å². The highest BCUT2D eigenvalue weighted by Crippen LogP contribution is 2.10. The molecule has 0 unspecified atom stereocenters. The topological polar surface area (TPSA) is 30.7 Å². The lowest BCUT2D eigenvalue weighted by Crippen LogP contribution is -1.98. The SMILES string of the molecule is C=CCn1nncc1SC. The van der Waals surface area contributed by atoms with Gasteiger partial charge in [-0.3, -0.25) is 0 Å². The van der Waals surface area contributed by atoms with Crippen molar-refractivity contribution in [2.75, 3.05) is 6.26 Å². The van der Waals surface area contributed by atoms with Crippen molar-refractivity contribution in [3.05, 3.63) is 18.9 Å². The minimum atomic E-state index is 0.732. The van der Waals surface area contributed by atoms with Crippen molar-refractivity contribution in [2.45, 2.75) is 11.6 Å². The zero-order chi connectivity index (χ0) is 7.40. The van der Waals surface area contributed by atoms with Crippen LogP contribution in [0.15, 0.2) is 23.9 Å². The molecule has 0 radical (unpaired) electrons. The van der Waals surface area contributed by atoms with Gasteiger partial charge in [0, 0.05) is 0 Å². The summed E-state index contributed by atoms with van der Waals surface area (Å²) < 4.78 is 1.80. The normalized spacial score (nSPS) is 9.70. The van der Waals surface area contributed by atoms with Gasteiger partial charge < -0.3 is 0 Å². The van der Waals surface area contributed by atoms with Crippen molar-refractivity contribution in [1.82, 2.24) is 15.0 Å². The molecular formula is C6H9N3S. The number of rotatable bonds is 3. The van der Waals surface area contributed by atoms with Crippen LogP contribution < -0.4 is 0 Å². The van der Waals surface area contributed by atoms with E-state index in [0.29, 0.717) is 0 Å². The van der Waals surface area contributed by atoms with E-state index in [-0.39, 0.29) is 0 Å². The van der Waals surface area contributed by atoms with E-state index in [2.05, 4.69) is 16.9 Å². The Morgan fingerprint density at radius 2 is 2.70 bits per heavy atom. The summed E-state index contributed by atoms with van der Waals surface area (Å²) in [7, 11) is 0. The van der Waals surface area contributed by atoms with E-state index in [1.165, 1.54) is 0 Å². The Morgan fingerprint density at radius 3 is 3.30 bits per heavy atom. The average molecular weight is 155 g/mol. The molecule has 54 valence electrons. The van der Waals surface area contributed by atoms with E-state index in [9.17, 15) is 0 Å². The Morgan fingerprint density at radius 1 is 1.90 bits per heavy atom. The van der Waals surface area contributed by atoms with Gasteiger partial charge in [0.2, 0.25) is 0 Å². The summed E-state index contributed by atoms with van der Waals surface area (Å²) in [6.07, 6.45) is 5.54. The van der Waals surface area contributed by atoms with E-state index in [1.807, 2.05) is 6.26 Å². The Kier molecular flexibility index (Phi) is 2.50. The Balaban J connectivity index is 2.79. The largest absolute Gasteiger partial charge is 0.235 e. The average Bonchev–Trinajstić information content (AvgIpc) is 2.36. The fourth-order valence-corrected chi connectivity index (χ4v) is 1.13. The molecule has 0 aromatic carbocycles. The molecule has 3 nitrogen and oxygen atoms in total. The molecule has 0 aliphatic heterocycles. The molecule has 10 heavy (non-hydrogen) atoms. The third-order valence-corrected chi connectivity index (χ3v) is 1.83. The quantitative estimate of drug-likeness (QED) is 0.485. The maximum Gasteiger partial charge on any atom is 0.114 e. The predicted molar refractivity (Wildman–Crippen MR) is 42.0 cm³/mol. The summed E-state index contributed by atoms with van der Waals surface area (Å²) in [4.78, 5) is 0. The van der Waals surface area contributed by atoms with Crippen molar-refractivity contribution < 1.29 is 0 Å². The Hall–Kier alpha value is -0.770. The van der Waals surface area contributed by atoms with Crippen LogP contribution in [-0.2, 0) is 6.54 Å². The summed E-state index contributed by atoms with van der Waals surface area (Å²) in [5, 5.41) is 8.68. The number of allylic oxidation sites excluding steroid dienone is 1. The van der Waals surface area contributed by atoms with Gasteiger partial charge in [-0.25, -0.2) is 4.68 Å². The van der Waals surface area contributed by atoms with Gasteiger partial charge in [0.15, 0.2) is 0 Å². The Bertz CT molecular complexity index is 219. The van der Waals surface area contributed by atoms with Gasteiger partial charge >= 0.3 is 0 Å². The van der Waals surface area contributed by atoms with Crippen LogP contribution in [0.25, 0.3) is 0 Å². The molecule has 0 saturated carbocycles. The fraction of sp³-hybridized carbons (Fsp3) is 0.333. The smallest absolute Gasteiger partial charge is 0.114 e. The van der Waals surface area contributed by atoms with E-state index in [1.54, 1.807) is 28.7 Å². The van der Waals surface area contributed by atoms with Crippen molar-refractivity contribution in [1.29, 1.82) is 0 Å². The third kappa shape index (κ3) is 1.39. The number of nitrogens with zero attached hydrogens (tertiary/aromatic N) is 3. The van der Waals surface area contributed by atoms with Crippen LogP contribution >= 0.6 is 11.8 Å². The van der Waals surface area contributed by atoms with Crippen LogP contribution in [0.2, 0.25) is 0 Å². The monoisotopic (exact) mass is 155 g/mol. The molecule has 1 rings (SSSR count). The number of hydrogen-bond acceptors (Lipinski definition) is 3. The van der Waals surface area contributed by atoms with Gasteiger partial charge in [-0.15, -0.1) is 23.4 Å². The van der Waals surface area contributed by atoms with Gasteiger partial charge in [0.05, 0.1) is 12.7 Å². The van der Waals surface area contributed by atoms with Gasteiger partial charge in [-0.1, -0.05) is 11.3 Å². The zero-order valence-electron chi connectivity index (χ0n) is 5.82. The summed E-state index contributed by atoms with van der Waals surface area (Å²) in [6.45, 7) is 4.35. The van der Waals surface area contributed by atoms with Gasteiger partial charge in [0.1, 0.15) is 5.03 Å². The molecule has 0 aliphatic rings. The Labute approximate surface area is 64.1 Å². The first-order chi connectivity index (χ1) is 4.88. The molecular weight excluding hydrogens is 146 g/mol. The molecule has 0 amide bonds. The first kappa shape index (κ1) is 7.34. The minimum Gasteiger partial charge on any atom is -0.235 e. The molecule has 0 aliphatic carbocycles. The number of thioether (sulfide) groups is 1. The second-order valence-electron chi connectivity index (χ2n) is 1.75. The van der Waals surface area contributed by atoms with Crippen LogP contribution in [0, 0.1) is 0 Å². The first-order valence-electron chi connectivity index (χ1n) is 2.92. The highest BCUT2D eigenvalue weighted by Gasteiger charge is 1.97. The van der Waals surface area contributed by atoms with E-state index in [0.717, 1.165) is 11.6 Å². The maximum absolute atomic E-state index is 3.85. The van der Waals surface area contributed by atoms with Crippen LogP contribution in [0.4, 0.5) is 0 Å². The van der Waals surface area contributed by atoms with E-state index < -0.39 is 0 Å². The van der Waals surface area contributed by atoms with Crippen molar-refractivity contribution in [3.63, 3.8) is 0 Å². The molecule has 0 fully saturated rings. The van der Waals surface area contributed by atoms with Crippen LogP contribution in [0.1, 0.15) is 0 Å². The lowest BCUT2D eigenvalue weighted by Gasteiger charge is -1.96. The van der Waals surface area contributed by atoms with E-state index >= 15 is 0 Å². The van der Waals surface area contributed by atoms with Crippen molar-refractivity contribution in [3.8, 4) is 0 Å². The molecule has 0 bridgehead atoms. The standard InChI is InChI=1S/C6H9N3S/c1-3-4-9-6(10-2)5-7-8-9/h3,5H,1,4H2,2H3. The second-order valence-corrected chi connectivity index (χ2v) is 2.57. The van der Waals surface area contributed by atoms with E-state index in [4.69, 9.17) is 0 Å². The molecule has 1 heterocycles. The summed E-state index contributed by atoms with van der Waals surface area (Å²) >= 11 is 1.63. The maximum atomic E-state index is 3.85. The fourth-order valence-electron chi connectivity index (χ4n) is 0.655.